The van der Waals surface area contributed by atoms with Crippen LogP contribution >= 0.6 is 0 Å². The van der Waals surface area contributed by atoms with Gasteiger partial charge < -0.3 is 5.32 Å². The smallest absolute Gasteiger partial charge is 0.265 e. The molecule has 1 aromatic heterocycles. The van der Waals surface area contributed by atoms with Crippen LogP contribution in [0.15, 0.2) is 73.3 Å². The number of nitrogens with one attached hydrogen (secondary N) is 1. The first kappa shape index (κ1) is 16.5. The molecule has 0 unspecified atom stereocenters. The lowest BCUT2D eigenvalue weighted by molar-refractivity contribution is -0.728. The minimum atomic E-state index is -0.00134. The summed E-state index contributed by atoms with van der Waals surface area (Å²) in [6, 6.07) is 19.9. The summed E-state index contributed by atoms with van der Waals surface area (Å²) in [6.45, 7) is 0. The van der Waals surface area contributed by atoms with E-state index in [4.69, 9.17) is 0 Å². The van der Waals surface area contributed by atoms with E-state index < -0.39 is 0 Å². The van der Waals surface area contributed by atoms with Crippen molar-refractivity contribution in [2.75, 3.05) is 0 Å². The minimum Gasteiger partial charge on any atom is -0.346 e. The van der Waals surface area contributed by atoms with Crippen LogP contribution in [0.3, 0.4) is 0 Å². The van der Waals surface area contributed by atoms with E-state index >= 15 is 0 Å². The van der Waals surface area contributed by atoms with E-state index in [-0.39, 0.29) is 18.0 Å². The van der Waals surface area contributed by atoms with Crippen molar-refractivity contribution in [2.45, 2.75) is 37.8 Å². The van der Waals surface area contributed by atoms with Gasteiger partial charge in [0.2, 0.25) is 6.33 Å². The number of aromatic nitrogens is 3. The van der Waals surface area contributed by atoms with E-state index in [0.717, 1.165) is 24.9 Å². The summed E-state index contributed by atoms with van der Waals surface area (Å²) in [5, 5.41) is 7.74. The summed E-state index contributed by atoms with van der Waals surface area (Å²) in [7, 11) is 0. The molecule has 0 saturated heterocycles. The summed E-state index contributed by atoms with van der Waals surface area (Å²) in [5.41, 5.74) is 1.74. The maximum absolute atomic E-state index is 12.6. The van der Waals surface area contributed by atoms with E-state index in [0.29, 0.717) is 5.56 Å². The van der Waals surface area contributed by atoms with Gasteiger partial charge in [0.15, 0.2) is 0 Å². The molecule has 5 heteroatoms. The number of amides is 1. The van der Waals surface area contributed by atoms with Gasteiger partial charge in [-0.1, -0.05) is 47.5 Å². The molecule has 1 heterocycles. The Morgan fingerprint density at radius 1 is 1.00 bits per heavy atom. The summed E-state index contributed by atoms with van der Waals surface area (Å²) in [4.78, 5) is 12.6. The highest BCUT2D eigenvalue weighted by molar-refractivity contribution is 5.94. The van der Waals surface area contributed by atoms with Crippen LogP contribution < -0.4 is 9.88 Å². The van der Waals surface area contributed by atoms with Crippen LogP contribution in [0.2, 0.25) is 0 Å². The molecule has 1 aliphatic carbocycles. The third-order valence-electron chi connectivity index (χ3n) is 5.04. The van der Waals surface area contributed by atoms with Gasteiger partial charge in [0, 0.05) is 10.7 Å². The van der Waals surface area contributed by atoms with Crippen molar-refractivity contribution in [3.8, 4) is 5.69 Å². The molecule has 4 rings (SSSR count). The fourth-order valence-electron chi connectivity index (χ4n) is 3.66. The van der Waals surface area contributed by atoms with Gasteiger partial charge in [-0.2, -0.15) is 0 Å². The van der Waals surface area contributed by atoms with Crippen molar-refractivity contribution in [2.24, 2.45) is 0 Å². The zero-order chi connectivity index (χ0) is 17.8. The zero-order valence-electron chi connectivity index (χ0n) is 14.7. The maximum atomic E-state index is 12.6. The van der Waals surface area contributed by atoms with Crippen molar-refractivity contribution in [1.29, 1.82) is 0 Å². The summed E-state index contributed by atoms with van der Waals surface area (Å²) in [5.74, 6) is -0.00134. The molecule has 0 aliphatic heterocycles. The minimum absolute atomic E-state index is 0.00134. The molecule has 1 fully saturated rings. The Morgan fingerprint density at radius 2 is 1.69 bits per heavy atom. The molecule has 0 radical (unpaired) electrons. The monoisotopic (exact) mass is 347 g/mol. The van der Waals surface area contributed by atoms with Crippen LogP contribution in [-0.4, -0.2) is 21.7 Å². The van der Waals surface area contributed by atoms with Crippen molar-refractivity contribution in [1.82, 2.24) is 15.1 Å². The summed E-state index contributed by atoms with van der Waals surface area (Å²) in [6.07, 6.45) is 8.24. The Bertz CT molecular complexity index is 860. The quantitative estimate of drug-likeness (QED) is 0.738. The van der Waals surface area contributed by atoms with Crippen LogP contribution in [0.25, 0.3) is 5.69 Å². The third kappa shape index (κ3) is 3.52. The van der Waals surface area contributed by atoms with Gasteiger partial charge in [-0.05, 0) is 43.5 Å². The van der Waals surface area contributed by atoms with Crippen molar-refractivity contribution in [3.05, 3.63) is 78.9 Å². The van der Waals surface area contributed by atoms with Crippen LogP contribution in [0, 0.1) is 0 Å². The molecule has 1 saturated carbocycles. The normalized spacial score (nSPS) is 19.8. The molecular formula is C21H23N4O+. The molecule has 1 amide bonds. The second-order valence-electron chi connectivity index (χ2n) is 6.77. The number of carbonyl (C=O) groups is 1. The number of nitrogens with zero attached hydrogens (tertiary/aromatic N) is 3. The highest BCUT2D eigenvalue weighted by atomic mass is 16.1. The predicted octanol–water partition coefficient (Wildman–Crippen LogP) is 3.07. The lowest BCUT2D eigenvalue weighted by Gasteiger charge is -2.30. The highest BCUT2D eigenvalue weighted by Crippen LogP contribution is 2.25. The van der Waals surface area contributed by atoms with Gasteiger partial charge in [-0.15, -0.1) is 0 Å². The second kappa shape index (κ2) is 7.52. The molecule has 1 aliphatic rings. The highest BCUT2D eigenvalue weighted by Gasteiger charge is 2.31. The number of para-hydroxylation sites is 1. The number of carbonyl (C=O) groups excluding carboxylic acids is 1. The summed E-state index contributed by atoms with van der Waals surface area (Å²) >= 11 is 0. The molecule has 0 bridgehead atoms. The van der Waals surface area contributed by atoms with Gasteiger partial charge in [0.25, 0.3) is 12.2 Å². The van der Waals surface area contributed by atoms with E-state index in [1.807, 2.05) is 78.0 Å². The number of hydrogen-bond acceptors (Lipinski definition) is 2. The molecule has 1 N–H and O–H groups in total. The Labute approximate surface area is 153 Å². The topological polar surface area (TPSA) is 50.8 Å². The SMILES string of the molecule is O=C(N[C@@H]1CCCC[C@H]1[n+]1cnn(-c2ccccc2)c1)c1ccccc1. The Hall–Kier alpha value is -2.95. The van der Waals surface area contributed by atoms with Gasteiger partial charge in [0.1, 0.15) is 11.7 Å². The Balaban J connectivity index is 1.53. The van der Waals surface area contributed by atoms with Gasteiger partial charge in [-0.3, -0.25) is 4.79 Å². The van der Waals surface area contributed by atoms with Gasteiger partial charge >= 0.3 is 0 Å². The lowest BCUT2D eigenvalue weighted by atomic mass is 9.90. The van der Waals surface area contributed by atoms with E-state index in [9.17, 15) is 4.79 Å². The fraction of sp³-hybridized carbons (Fsp3) is 0.286. The van der Waals surface area contributed by atoms with Crippen molar-refractivity contribution in [3.63, 3.8) is 0 Å². The molecule has 2 atom stereocenters. The first-order valence-corrected chi connectivity index (χ1v) is 9.18. The summed E-state index contributed by atoms with van der Waals surface area (Å²) < 4.78 is 4.02. The Kier molecular flexibility index (Phi) is 4.78. The zero-order valence-corrected chi connectivity index (χ0v) is 14.7. The van der Waals surface area contributed by atoms with E-state index in [1.165, 1.54) is 6.42 Å². The average molecular weight is 347 g/mol. The van der Waals surface area contributed by atoms with Crippen LogP contribution in [-0.2, 0) is 0 Å². The van der Waals surface area contributed by atoms with E-state index in [1.54, 1.807) is 0 Å². The molecule has 2 aromatic carbocycles. The van der Waals surface area contributed by atoms with Crippen molar-refractivity contribution < 1.29 is 9.36 Å². The lowest BCUT2D eigenvalue weighted by Crippen LogP contribution is -2.53. The molecule has 3 aromatic rings. The number of rotatable bonds is 4. The predicted molar refractivity (Wildman–Crippen MR) is 99.0 cm³/mol. The van der Waals surface area contributed by atoms with Crippen LogP contribution in [0.4, 0.5) is 0 Å². The standard InChI is InChI=1S/C21H22N4O/c26-21(17-9-3-1-4-10-17)23-19-13-7-8-14-20(19)24-15-22-25(16-24)18-11-5-2-6-12-18/h1-6,9-12,15-16,19-20H,7-8,13-14H2/p+1/t19-,20-/m1/s1. The first-order valence-electron chi connectivity index (χ1n) is 9.18. The van der Waals surface area contributed by atoms with Crippen LogP contribution in [0.1, 0.15) is 42.1 Å². The molecular weight excluding hydrogens is 324 g/mol. The third-order valence-corrected chi connectivity index (χ3v) is 5.04. The fourth-order valence-corrected chi connectivity index (χ4v) is 3.66. The van der Waals surface area contributed by atoms with Gasteiger partial charge in [0.05, 0.1) is 6.04 Å². The Morgan fingerprint density at radius 3 is 2.46 bits per heavy atom. The molecule has 132 valence electrons. The second-order valence-corrected chi connectivity index (χ2v) is 6.77. The van der Waals surface area contributed by atoms with Crippen LogP contribution in [0.5, 0.6) is 0 Å². The van der Waals surface area contributed by atoms with Crippen molar-refractivity contribution >= 4 is 5.91 Å². The maximum Gasteiger partial charge on any atom is 0.265 e. The largest absolute Gasteiger partial charge is 0.346 e. The molecule has 5 nitrogen and oxygen atoms in total. The average Bonchev–Trinajstić information content (AvgIpc) is 3.20. The molecule has 26 heavy (non-hydrogen) atoms. The number of hydrogen-bond donors (Lipinski definition) is 1. The first-order chi connectivity index (χ1) is 12.8. The molecule has 0 spiro atoms. The van der Waals surface area contributed by atoms with Gasteiger partial charge in [-0.25, -0.2) is 4.57 Å². The number of benzene rings is 2. The van der Waals surface area contributed by atoms with E-state index in [2.05, 4.69) is 15.0 Å².